The van der Waals surface area contributed by atoms with E-state index in [1.54, 1.807) is 0 Å². The van der Waals surface area contributed by atoms with Crippen molar-refractivity contribution in [1.29, 1.82) is 5.26 Å². The molecule has 0 bridgehead atoms. The topological polar surface area (TPSA) is 94.9 Å². The second kappa shape index (κ2) is 9.83. The van der Waals surface area contributed by atoms with Crippen molar-refractivity contribution < 1.29 is 8.42 Å². The summed E-state index contributed by atoms with van der Waals surface area (Å²) in [6, 6.07) is 3.71. The number of hydrogen-bond acceptors (Lipinski definition) is 5. The molecule has 0 amide bonds. The third-order valence-corrected chi connectivity index (χ3v) is 5.29. The zero-order valence-corrected chi connectivity index (χ0v) is 14.6. The van der Waals surface area contributed by atoms with Crippen molar-refractivity contribution in [2.75, 3.05) is 13.1 Å². The van der Waals surface area contributed by atoms with Crippen molar-refractivity contribution >= 4 is 22.4 Å². The maximum absolute atomic E-state index is 12.1. The Morgan fingerprint density at radius 2 is 1.87 bits per heavy atom. The third kappa shape index (κ3) is 6.43. The SMILES string of the molecule is Cl.N#Cc1cncc(S(=O)(=O)NCCNC2CCCCCC2)c1. The van der Waals surface area contributed by atoms with Crippen LogP contribution < -0.4 is 10.0 Å². The zero-order chi connectivity index (χ0) is 15.8. The maximum Gasteiger partial charge on any atom is 0.242 e. The van der Waals surface area contributed by atoms with Crippen LogP contribution in [0.25, 0.3) is 0 Å². The van der Waals surface area contributed by atoms with Crippen LogP contribution in [0.3, 0.4) is 0 Å². The van der Waals surface area contributed by atoms with Gasteiger partial charge in [-0.15, -0.1) is 12.4 Å². The Hall–Kier alpha value is -1.20. The summed E-state index contributed by atoms with van der Waals surface area (Å²) < 4.78 is 26.8. The number of nitriles is 1. The van der Waals surface area contributed by atoms with Crippen LogP contribution in [0.1, 0.15) is 44.1 Å². The summed E-state index contributed by atoms with van der Waals surface area (Å²) in [6.07, 6.45) is 10.0. The fourth-order valence-electron chi connectivity index (χ4n) is 2.66. The van der Waals surface area contributed by atoms with Gasteiger partial charge in [-0.1, -0.05) is 25.7 Å². The van der Waals surface area contributed by atoms with Crippen molar-refractivity contribution in [2.45, 2.75) is 49.5 Å². The minimum Gasteiger partial charge on any atom is -0.313 e. The van der Waals surface area contributed by atoms with E-state index in [0.717, 1.165) is 0 Å². The highest BCUT2D eigenvalue weighted by atomic mass is 35.5. The molecule has 1 aliphatic rings. The highest BCUT2D eigenvalue weighted by molar-refractivity contribution is 7.89. The second-order valence-electron chi connectivity index (χ2n) is 5.56. The predicted molar refractivity (Wildman–Crippen MR) is 90.9 cm³/mol. The van der Waals surface area contributed by atoms with Gasteiger partial charge in [0, 0.05) is 31.5 Å². The molecule has 0 atom stereocenters. The van der Waals surface area contributed by atoms with E-state index in [0.29, 0.717) is 19.1 Å². The first kappa shape index (κ1) is 19.8. The van der Waals surface area contributed by atoms with E-state index < -0.39 is 10.0 Å². The minimum absolute atomic E-state index is 0. The Morgan fingerprint density at radius 3 is 2.52 bits per heavy atom. The van der Waals surface area contributed by atoms with Gasteiger partial charge in [-0.2, -0.15) is 5.26 Å². The van der Waals surface area contributed by atoms with E-state index in [1.807, 2.05) is 6.07 Å². The lowest BCUT2D eigenvalue weighted by molar-refractivity contribution is 0.461. The zero-order valence-electron chi connectivity index (χ0n) is 13.0. The summed E-state index contributed by atoms with van der Waals surface area (Å²) in [6.45, 7) is 0.935. The first-order valence-electron chi connectivity index (χ1n) is 7.70. The van der Waals surface area contributed by atoms with Crippen LogP contribution in [0.15, 0.2) is 23.4 Å². The monoisotopic (exact) mass is 358 g/mol. The molecule has 0 aliphatic heterocycles. The van der Waals surface area contributed by atoms with Crippen LogP contribution in [0.5, 0.6) is 0 Å². The summed E-state index contributed by atoms with van der Waals surface area (Å²) >= 11 is 0. The van der Waals surface area contributed by atoms with E-state index in [4.69, 9.17) is 5.26 Å². The molecule has 0 radical (unpaired) electrons. The maximum atomic E-state index is 12.1. The standard InChI is InChI=1S/C15H22N4O2S.ClH/c16-10-13-9-15(12-17-11-13)22(20,21)19-8-7-18-14-5-3-1-2-4-6-14;/h9,11-12,14,18-19H,1-8H2;1H. The Labute approximate surface area is 144 Å². The van der Waals surface area contributed by atoms with Gasteiger partial charge in [0.2, 0.25) is 10.0 Å². The number of sulfonamides is 1. The third-order valence-electron chi connectivity index (χ3n) is 3.86. The summed E-state index contributed by atoms with van der Waals surface area (Å²) in [4.78, 5) is 3.81. The van der Waals surface area contributed by atoms with Crippen molar-refractivity contribution in [3.63, 3.8) is 0 Å². The van der Waals surface area contributed by atoms with Crippen LogP contribution in [-0.4, -0.2) is 32.5 Å². The average Bonchev–Trinajstić information content (AvgIpc) is 2.80. The van der Waals surface area contributed by atoms with Gasteiger partial charge >= 0.3 is 0 Å². The Kier molecular flexibility index (Phi) is 8.48. The fourth-order valence-corrected chi connectivity index (χ4v) is 3.67. The van der Waals surface area contributed by atoms with Gasteiger partial charge in [0.15, 0.2) is 0 Å². The molecule has 1 heterocycles. The van der Waals surface area contributed by atoms with E-state index in [-0.39, 0.29) is 22.9 Å². The number of halogens is 1. The van der Waals surface area contributed by atoms with Gasteiger partial charge in [0.25, 0.3) is 0 Å². The van der Waals surface area contributed by atoms with Crippen LogP contribution in [-0.2, 0) is 10.0 Å². The number of aromatic nitrogens is 1. The molecule has 8 heteroatoms. The van der Waals surface area contributed by atoms with Gasteiger partial charge in [-0.3, -0.25) is 4.98 Å². The first-order valence-corrected chi connectivity index (χ1v) is 9.18. The molecular formula is C15H23ClN4O2S. The van der Waals surface area contributed by atoms with E-state index >= 15 is 0 Å². The van der Waals surface area contributed by atoms with E-state index in [1.165, 1.54) is 57.0 Å². The molecule has 0 unspecified atom stereocenters. The summed E-state index contributed by atoms with van der Waals surface area (Å²) in [5.41, 5.74) is 0.236. The molecule has 1 fully saturated rings. The van der Waals surface area contributed by atoms with Crippen LogP contribution in [0.2, 0.25) is 0 Å². The first-order chi connectivity index (χ1) is 10.6. The second-order valence-corrected chi connectivity index (χ2v) is 7.33. The molecule has 2 rings (SSSR count). The highest BCUT2D eigenvalue weighted by Gasteiger charge is 2.15. The molecule has 1 aromatic heterocycles. The van der Waals surface area contributed by atoms with E-state index in [2.05, 4.69) is 15.0 Å². The van der Waals surface area contributed by atoms with Crippen molar-refractivity contribution in [2.24, 2.45) is 0 Å². The molecule has 23 heavy (non-hydrogen) atoms. The molecule has 1 saturated carbocycles. The molecule has 6 nitrogen and oxygen atoms in total. The van der Waals surface area contributed by atoms with Gasteiger partial charge in [0.1, 0.15) is 11.0 Å². The van der Waals surface area contributed by atoms with Gasteiger partial charge < -0.3 is 5.32 Å². The lowest BCUT2D eigenvalue weighted by atomic mass is 10.1. The molecule has 0 saturated heterocycles. The Bertz CT molecular complexity index is 623. The lowest BCUT2D eigenvalue weighted by Gasteiger charge is -2.16. The fraction of sp³-hybridized carbons (Fsp3) is 0.600. The van der Waals surface area contributed by atoms with Crippen molar-refractivity contribution in [3.8, 4) is 6.07 Å². The molecular weight excluding hydrogens is 336 g/mol. The predicted octanol–water partition coefficient (Wildman–Crippen LogP) is 1.97. The van der Waals surface area contributed by atoms with Crippen LogP contribution in [0.4, 0.5) is 0 Å². The quantitative estimate of drug-likeness (QED) is 0.598. The molecule has 2 N–H and O–H groups in total. The number of pyridine rings is 1. The minimum atomic E-state index is -3.61. The van der Waals surface area contributed by atoms with Crippen molar-refractivity contribution in [3.05, 3.63) is 24.0 Å². The number of nitrogens with one attached hydrogen (secondary N) is 2. The van der Waals surface area contributed by atoms with Crippen molar-refractivity contribution in [1.82, 2.24) is 15.0 Å². The molecule has 0 spiro atoms. The number of nitrogens with zero attached hydrogens (tertiary/aromatic N) is 2. The Balaban J connectivity index is 0.00000264. The number of hydrogen-bond donors (Lipinski definition) is 2. The molecule has 128 valence electrons. The van der Waals surface area contributed by atoms with Crippen LogP contribution >= 0.6 is 12.4 Å². The summed E-state index contributed by atoms with van der Waals surface area (Å²) in [5, 5.41) is 12.2. The largest absolute Gasteiger partial charge is 0.313 e. The molecule has 1 aromatic rings. The van der Waals surface area contributed by atoms with Crippen LogP contribution in [0, 0.1) is 11.3 Å². The highest BCUT2D eigenvalue weighted by Crippen LogP contribution is 2.16. The normalized spacial score (nSPS) is 16.1. The van der Waals surface area contributed by atoms with Gasteiger partial charge in [-0.05, 0) is 18.9 Å². The smallest absolute Gasteiger partial charge is 0.242 e. The Morgan fingerprint density at radius 1 is 1.17 bits per heavy atom. The summed E-state index contributed by atoms with van der Waals surface area (Å²) in [5.74, 6) is 0. The van der Waals surface area contributed by atoms with Gasteiger partial charge in [0.05, 0.1) is 5.56 Å². The average molecular weight is 359 g/mol. The summed E-state index contributed by atoms with van der Waals surface area (Å²) in [7, 11) is -3.61. The van der Waals surface area contributed by atoms with Gasteiger partial charge in [-0.25, -0.2) is 13.1 Å². The van der Waals surface area contributed by atoms with E-state index in [9.17, 15) is 8.42 Å². The number of rotatable bonds is 6. The lowest BCUT2D eigenvalue weighted by Crippen LogP contribution is -2.36. The molecule has 0 aromatic carbocycles. The molecule has 1 aliphatic carbocycles.